The Bertz CT molecular complexity index is 900. The van der Waals surface area contributed by atoms with E-state index in [1.165, 1.54) is 29.5 Å². The minimum atomic E-state index is -3.55. The van der Waals surface area contributed by atoms with Crippen molar-refractivity contribution in [2.75, 3.05) is 18.4 Å². The summed E-state index contributed by atoms with van der Waals surface area (Å²) < 4.78 is 26.8. The first-order valence-electron chi connectivity index (χ1n) is 6.82. The van der Waals surface area contributed by atoms with E-state index in [4.69, 9.17) is 5.26 Å². The van der Waals surface area contributed by atoms with Gasteiger partial charge in [-0.3, -0.25) is 10.1 Å². The number of non-ortho nitro benzene ring substituents is 1. The Labute approximate surface area is 142 Å². The predicted octanol–water partition coefficient (Wildman–Crippen LogP) is 2.23. The molecule has 0 amide bonds. The molecule has 1 aromatic heterocycles. The fraction of sp³-hybridized carbons (Fsp3) is 0.214. The molecule has 0 atom stereocenters. The molecule has 1 heterocycles. The van der Waals surface area contributed by atoms with Crippen molar-refractivity contribution < 1.29 is 13.3 Å². The first-order chi connectivity index (χ1) is 11.3. The van der Waals surface area contributed by atoms with Gasteiger partial charge >= 0.3 is 0 Å². The highest BCUT2D eigenvalue weighted by molar-refractivity contribution is 7.91. The number of rotatable bonds is 7. The quantitative estimate of drug-likeness (QED) is 0.440. The SMILES string of the molecule is Cc1ccc(S(=O)(=O)NCCNc2ccc([N+](=O)[O-])cc2C#N)s1. The summed E-state index contributed by atoms with van der Waals surface area (Å²) in [6.07, 6.45) is 0. The van der Waals surface area contributed by atoms with Gasteiger partial charge in [0.05, 0.1) is 16.2 Å². The van der Waals surface area contributed by atoms with Crippen LogP contribution in [0.5, 0.6) is 0 Å². The second-order valence-electron chi connectivity index (χ2n) is 4.79. The first kappa shape index (κ1) is 17.9. The summed E-state index contributed by atoms with van der Waals surface area (Å²) in [4.78, 5) is 11.0. The zero-order valence-corrected chi connectivity index (χ0v) is 14.3. The average Bonchev–Trinajstić information content (AvgIpc) is 2.99. The van der Waals surface area contributed by atoms with E-state index in [0.717, 1.165) is 4.88 Å². The van der Waals surface area contributed by atoms with E-state index in [9.17, 15) is 18.5 Å². The van der Waals surface area contributed by atoms with Crippen LogP contribution in [0.25, 0.3) is 0 Å². The molecule has 10 heteroatoms. The molecule has 0 aliphatic carbocycles. The van der Waals surface area contributed by atoms with Gasteiger partial charge in [0.25, 0.3) is 5.69 Å². The van der Waals surface area contributed by atoms with Crippen molar-refractivity contribution >= 4 is 32.7 Å². The topological polar surface area (TPSA) is 125 Å². The van der Waals surface area contributed by atoms with Crippen molar-refractivity contribution in [2.24, 2.45) is 0 Å². The maximum atomic E-state index is 12.0. The van der Waals surface area contributed by atoms with Gasteiger partial charge in [0.1, 0.15) is 10.3 Å². The number of hydrogen-bond acceptors (Lipinski definition) is 7. The van der Waals surface area contributed by atoms with Gasteiger partial charge in [-0.15, -0.1) is 11.3 Å². The summed E-state index contributed by atoms with van der Waals surface area (Å²) in [6.45, 7) is 2.17. The minimum absolute atomic E-state index is 0.112. The van der Waals surface area contributed by atoms with Gasteiger partial charge in [-0.25, -0.2) is 13.1 Å². The normalized spacial score (nSPS) is 11.0. The van der Waals surface area contributed by atoms with Gasteiger partial charge in [0, 0.05) is 30.1 Å². The van der Waals surface area contributed by atoms with Crippen LogP contribution >= 0.6 is 11.3 Å². The molecule has 0 unspecified atom stereocenters. The van der Waals surface area contributed by atoms with E-state index in [-0.39, 0.29) is 28.5 Å². The van der Waals surface area contributed by atoms with Gasteiger partial charge in [-0.2, -0.15) is 5.26 Å². The molecule has 8 nitrogen and oxygen atoms in total. The minimum Gasteiger partial charge on any atom is -0.383 e. The molecule has 2 N–H and O–H groups in total. The largest absolute Gasteiger partial charge is 0.383 e. The van der Waals surface area contributed by atoms with Crippen molar-refractivity contribution in [1.29, 1.82) is 5.26 Å². The van der Waals surface area contributed by atoms with Gasteiger partial charge in [0.15, 0.2) is 0 Å². The Morgan fingerprint density at radius 1 is 1.29 bits per heavy atom. The molecule has 0 aliphatic rings. The Balaban J connectivity index is 1.95. The van der Waals surface area contributed by atoms with Gasteiger partial charge in [-0.05, 0) is 25.1 Å². The standard InChI is InChI=1S/C14H14N4O4S2/c1-10-2-5-14(23-10)24(21,22)17-7-6-16-13-4-3-12(18(19)20)8-11(13)9-15/h2-5,8,16-17H,6-7H2,1H3. The summed E-state index contributed by atoms with van der Waals surface area (Å²) in [5, 5.41) is 22.6. The number of hydrogen-bond donors (Lipinski definition) is 2. The highest BCUT2D eigenvalue weighted by Gasteiger charge is 2.15. The molecule has 126 valence electrons. The fourth-order valence-corrected chi connectivity index (χ4v) is 4.26. The van der Waals surface area contributed by atoms with Crippen LogP contribution < -0.4 is 10.0 Å². The Morgan fingerprint density at radius 2 is 2.04 bits per heavy atom. The van der Waals surface area contributed by atoms with Crippen LogP contribution in [0.2, 0.25) is 0 Å². The molecular formula is C14H14N4O4S2. The van der Waals surface area contributed by atoms with Crippen molar-refractivity contribution in [1.82, 2.24) is 4.72 Å². The summed E-state index contributed by atoms with van der Waals surface area (Å²) >= 11 is 1.18. The summed E-state index contributed by atoms with van der Waals surface area (Å²) in [6, 6.07) is 9.02. The molecule has 0 spiro atoms. The third-order valence-corrected chi connectivity index (χ3v) is 6.00. The van der Waals surface area contributed by atoms with Crippen molar-refractivity contribution in [3.05, 3.63) is 50.9 Å². The number of anilines is 1. The number of aryl methyl sites for hydroxylation is 1. The number of nitro benzene ring substituents is 1. The van der Waals surface area contributed by atoms with E-state index < -0.39 is 14.9 Å². The summed E-state index contributed by atoms with van der Waals surface area (Å²) in [5.41, 5.74) is 0.362. The van der Waals surface area contributed by atoms with E-state index in [1.54, 1.807) is 12.1 Å². The molecule has 24 heavy (non-hydrogen) atoms. The Hall–Kier alpha value is -2.48. The Kier molecular flexibility index (Phi) is 5.50. The fourth-order valence-electron chi connectivity index (χ4n) is 1.90. The Morgan fingerprint density at radius 3 is 2.62 bits per heavy atom. The van der Waals surface area contributed by atoms with Gasteiger partial charge < -0.3 is 5.32 Å². The number of nitrogens with one attached hydrogen (secondary N) is 2. The molecular weight excluding hydrogens is 352 g/mol. The van der Waals surface area contributed by atoms with Gasteiger partial charge in [0.2, 0.25) is 10.0 Å². The number of sulfonamides is 1. The zero-order valence-electron chi connectivity index (χ0n) is 12.6. The van der Waals surface area contributed by atoms with E-state index in [0.29, 0.717) is 5.69 Å². The lowest BCUT2D eigenvalue weighted by Crippen LogP contribution is -2.28. The van der Waals surface area contributed by atoms with Crippen LogP contribution in [0.4, 0.5) is 11.4 Å². The van der Waals surface area contributed by atoms with Crippen LogP contribution in [0, 0.1) is 28.4 Å². The van der Waals surface area contributed by atoms with E-state index in [1.807, 2.05) is 13.0 Å². The number of thiophene rings is 1. The third-order valence-electron chi connectivity index (χ3n) is 3.05. The number of nitriles is 1. The second-order valence-corrected chi connectivity index (χ2v) is 8.07. The monoisotopic (exact) mass is 366 g/mol. The molecule has 1 aromatic carbocycles. The van der Waals surface area contributed by atoms with Crippen molar-refractivity contribution in [3.8, 4) is 6.07 Å². The highest BCUT2D eigenvalue weighted by Crippen LogP contribution is 2.22. The lowest BCUT2D eigenvalue weighted by Gasteiger charge is -2.09. The molecule has 2 aromatic rings. The molecule has 2 rings (SSSR count). The van der Waals surface area contributed by atoms with E-state index >= 15 is 0 Å². The molecule has 0 radical (unpaired) electrons. The number of nitrogens with zero attached hydrogens (tertiary/aromatic N) is 2. The predicted molar refractivity (Wildman–Crippen MR) is 90.5 cm³/mol. The lowest BCUT2D eigenvalue weighted by atomic mass is 10.1. The second kappa shape index (κ2) is 7.39. The summed E-state index contributed by atoms with van der Waals surface area (Å²) in [7, 11) is -3.55. The number of nitro groups is 1. The maximum absolute atomic E-state index is 12.0. The molecule has 0 bridgehead atoms. The van der Waals surface area contributed by atoms with Crippen LogP contribution in [0.1, 0.15) is 10.4 Å². The van der Waals surface area contributed by atoms with Crippen molar-refractivity contribution in [3.63, 3.8) is 0 Å². The highest BCUT2D eigenvalue weighted by atomic mass is 32.2. The molecule has 0 saturated heterocycles. The van der Waals surface area contributed by atoms with Crippen LogP contribution in [-0.2, 0) is 10.0 Å². The third kappa shape index (κ3) is 4.29. The van der Waals surface area contributed by atoms with Crippen molar-refractivity contribution in [2.45, 2.75) is 11.1 Å². The smallest absolute Gasteiger partial charge is 0.270 e. The van der Waals surface area contributed by atoms with Crippen LogP contribution in [0.3, 0.4) is 0 Å². The van der Waals surface area contributed by atoms with E-state index in [2.05, 4.69) is 10.0 Å². The number of benzene rings is 1. The molecule has 0 fully saturated rings. The summed E-state index contributed by atoms with van der Waals surface area (Å²) in [5.74, 6) is 0. The van der Waals surface area contributed by atoms with Crippen LogP contribution in [0.15, 0.2) is 34.5 Å². The van der Waals surface area contributed by atoms with Gasteiger partial charge in [-0.1, -0.05) is 0 Å². The lowest BCUT2D eigenvalue weighted by molar-refractivity contribution is -0.384. The first-order valence-corrected chi connectivity index (χ1v) is 9.12. The zero-order chi connectivity index (χ0) is 17.7. The average molecular weight is 366 g/mol. The van der Waals surface area contributed by atoms with Crippen LogP contribution in [-0.4, -0.2) is 26.4 Å². The molecule has 0 aliphatic heterocycles. The maximum Gasteiger partial charge on any atom is 0.270 e. The molecule has 0 saturated carbocycles.